The number of anilines is 1. The predicted molar refractivity (Wildman–Crippen MR) is 88.6 cm³/mol. The van der Waals surface area contributed by atoms with Crippen LogP contribution in [0.3, 0.4) is 0 Å². The second-order valence-electron chi connectivity index (χ2n) is 5.39. The van der Waals surface area contributed by atoms with Gasteiger partial charge in [0.2, 0.25) is 10.0 Å². The maximum absolute atomic E-state index is 11.7. The fraction of sp³-hybridized carbons (Fsp3) is 0.429. The summed E-state index contributed by atoms with van der Waals surface area (Å²) >= 11 is 0. The highest BCUT2D eigenvalue weighted by Crippen LogP contribution is 2.18. The number of sulfonamides is 1. The number of pyridine rings is 1. The monoisotopic (exact) mass is 338 g/mol. The third-order valence-electron chi connectivity index (χ3n) is 3.52. The summed E-state index contributed by atoms with van der Waals surface area (Å²) < 4.78 is 27.4. The molecule has 2 aromatic rings. The Hall–Kier alpha value is -1.97. The molecule has 2 N–H and O–H groups in total. The van der Waals surface area contributed by atoms with Crippen molar-refractivity contribution in [1.82, 2.24) is 24.4 Å². The average molecular weight is 338 g/mol. The van der Waals surface area contributed by atoms with E-state index in [1.54, 1.807) is 10.7 Å². The van der Waals surface area contributed by atoms with E-state index in [1.807, 2.05) is 33.5 Å². The van der Waals surface area contributed by atoms with E-state index in [4.69, 9.17) is 0 Å². The Morgan fingerprint density at radius 3 is 2.52 bits per heavy atom. The van der Waals surface area contributed by atoms with Gasteiger partial charge in [-0.25, -0.2) is 18.1 Å². The SMILES string of the molecule is CNS(=O)(=O)c1ccc(NCC(c2cnn(C)c2)N(C)C)nc1. The topological polar surface area (TPSA) is 92.2 Å². The van der Waals surface area contributed by atoms with Crippen LogP contribution in [-0.4, -0.2) is 55.8 Å². The van der Waals surface area contributed by atoms with Crippen molar-refractivity contribution < 1.29 is 8.42 Å². The summed E-state index contributed by atoms with van der Waals surface area (Å²) in [6, 6.07) is 3.31. The number of likely N-dealkylation sites (N-methyl/N-ethyl adjacent to an activating group) is 1. The zero-order chi connectivity index (χ0) is 17.0. The number of hydrogen-bond acceptors (Lipinski definition) is 6. The minimum Gasteiger partial charge on any atom is -0.368 e. The summed E-state index contributed by atoms with van der Waals surface area (Å²) in [5.41, 5.74) is 1.10. The molecule has 0 aliphatic heterocycles. The molecule has 0 radical (unpaired) electrons. The van der Waals surface area contributed by atoms with Crippen LogP contribution in [0, 0.1) is 0 Å². The molecule has 0 fully saturated rings. The van der Waals surface area contributed by atoms with E-state index in [1.165, 1.54) is 19.3 Å². The standard InChI is InChI=1S/C14H22N6O2S/c1-15-23(21,22)12-5-6-14(16-8-12)17-9-13(19(2)3)11-7-18-20(4)10-11/h5-8,10,13,15H,9H2,1-4H3,(H,16,17). The number of aryl methyl sites for hydroxylation is 1. The first-order valence-electron chi connectivity index (χ1n) is 7.12. The van der Waals surface area contributed by atoms with Gasteiger partial charge in [0.05, 0.1) is 12.2 Å². The normalized spacial score (nSPS) is 13.3. The van der Waals surface area contributed by atoms with Gasteiger partial charge in [-0.05, 0) is 33.3 Å². The quantitative estimate of drug-likeness (QED) is 0.761. The van der Waals surface area contributed by atoms with Crippen molar-refractivity contribution in [3.63, 3.8) is 0 Å². The Labute approximate surface area is 136 Å². The molecule has 2 aromatic heterocycles. The van der Waals surface area contributed by atoms with Gasteiger partial charge < -0.3 is 10.2 Å². The zero-order valence-corrected chi connectivity index (χ0v) is 14.5. The molecule has 0 aliphatic rings. The molecule has 0 saturated heterocycles. The van der Waals surface area contributed by atoms with Crippen molar-refractivity contribution in [2.75, 3.05) is 33.0 Å². The van der Waals surface area contributed by atoms with Gasteiger partial charge in [-0.3, -0.25) is 4.68 Å². The minimum atomic E-state index is -3.46. The van der Waals surface area contributed by atoms with Gasteiger partial charge in [0.15, 0.2) is 0 Å². The van der Waals surface area contributed by atoms with Gasteiger partial charge in [-0.2, -0.15) is 5.10 Å². The maximum Gasteiger partial charge on any atom is 0.241 e. The Kier molecular flexibility index (Phi) is 5.34. The number of rotatable bonds is 7. The fourth-order valence-electron chi connectivity index (χ4n) is 2.17. The highest BCUT2D eigenvalue weighted by atomic mass is 32.2. The van der Waals surface area contributed by atoms with Crippen LogP contribution < -0.4 is 10.0 Å². The van der Waals surface area contributed by atoms with Gasteiger partial charge >= 0.3 is 0 Å². The van der Waals surface area contributed by atoms with Crippen LogP contribution in [0.2, 0.25) is 0 Å². The Bertz CT molecular complexity index is 739. The number of aromatic nitrogens is 3. The van der Waals surface area contributed by atoms with Crippen LogP contribution in [0.25, 0.3) is 0 Å². The summed E-state index contributed by atoms with van der Waals surface area (Å²) in [6.45, 7) is 0.629. The Morgan fingerprint density at radius 2 is 2.04 bits per heavy atom. The third kappa shape index (κ3) is 4.27. The molecule has 126 valence electrons. The van der Waals surface area contributed by atoms with Crippen LogP contribution in [0.15, 0.2) is 35.6 Å². The van der Waals surface area contributed by atoms with E-state index in [0.717, 1.165) is 5.56 Å². The molecular formula is C14H22N6O2S. The molecule has 0 aromatic carbocycles. The first kappa shape index (κ1) is 17.4. The summed E-state index contributed by atoms with van der Waals surface area (Å²) in [6.07, 6.45) is 5.15. The lowest BCUT2D eigenvalue weighted by Gasteiger charge is -2.23. The molecule has 0 saturated carbocycles. The van der Waals surface area contributed by atoms with E-state index in [9.17, 15) is 8.42 Å². The molecule has 2 rings (SSSR count). The Balaban J connectivity index is 2.07. The van der Waals surface area contributed by atoms with Crippen molar-refractivity contribution in [3.05, 3.63) is 36.3 Å². The maximum atomic E-state index is 11.7. The largest absolute Gasteiger partial charge is 0.368 e. The molecule has 1 atom stereocenters. The van der Waals surface area contributed by atoms with Gasteiger partial charge in [0.1, 0.15) is 10.7 Å². The molecule has 0 aliphatic carbocycles. The number of nitrogens with one attached hydrogen (secondary N) is 2. The summed E-state index contributed by atoms with van der Waals surface area (Å²) in [4.78, 5) is 6.38. The van der Waals surface area contributed by atoms with Gasteiger partial charge in [0.25, 0.3) is 0 Å². The lowest BCUT2D eigenvalue weighted by atomic mass is 10.1. The minimum absolute atomic E-state index is 0.131. The lowest BCUT2D eigenvalue weighted by Crippen LogP contribution is -2.26. The molecule has 9 heteroatoms. The van der Waals surface area contributed by atoms with Crippen LogP contribution in [0.4, 0.5) is 5.82 Å². The molecule has 0 bridgehead atoms. The third-order valence-corrected chi connectivity index (χ3v) is 4.92. The lowest BCUT2D eigenvalue weighted by molar-refractivity contribution is 0.311. The number of hydrogen-bond donors (Lipinski definition) is 2. The molecule has 0 spiro atoms. The first-order valence-corrected chi connectivity index (χ1v) is 8.60. The van der Waals surface area contributed by atoms with E-state index in [0.29, 0.717) is 12.4 Å². The van der Waals surface area contributed by atoms with Crippen molar-refractivity contribution in [3.8, 4) is 0 Å². The molecular weight excluding hydrogens is 316 g/mol. The second kappa shape index (κ2) is 7.07. The van der Waals surface area contributed by atoms with Crippen molar-refractivity contribution >= 4 is 15.8 Å². The zero-order valence-electron chi connectivity index (χ0n) is 13.7. The van der Waals surface area contributed by atoms with Gasteiger partial charge in [-0.1, -0.05) is 0 Å². The number of nitrogens with zero attached hydrogens (tertiary/aromatic N) is 4. The van der Waals surface area contributed by atoms with Gasteiger partial charge in [-0.15, -0.1) is 0 Å². The second-order valence-corrected chi connectivity index (χ2v) is 7.28. The Morgan fingerprint density at radius 1 is 1.30 bits per heavy atom. The molecule has 1 unspecified atom stereocenters. The van der Waals surface area contributed by atoms with Gasteiger partial charge in [0, 0.05) is 31.5 Å². The average Bonchev–Trinajstić information content (AvgIpc) is 2.94. The summed E-state index contributed by atoms with van der Waals surface area (Å²) in [7, 11) is 3.78. The van der Waals surface area contributed by atoms with E-state index in [-0.39, 0.29) is 10.9 Å². The van der Waals surface area contributed by atoms with E-state index >= 15 is 0 Å². The van der Waals surface area contributed by atoms with E-state index < -0.39 is 10.0 Å². The molecule has 23 heavy (non-hydrogen) atoms. The van der Waals surface area contributed by atoms with Crippen molar-refractivity contribution in [2.24, 2.45) is 7.05 Å². The van der Waals surface area contributed by atoms with E-state index in [2.05, 4.69) is 25.0 Å². The van der Waals surface area contributed by atoms with Crippen LogP contribution >= 0.6 is 0 Å². The summed E-state index contributed by atoms with van der Waals surface area (Å²) in [5.74, 6) is 0.621. The molecule has 0 amide bonds. The van der Waals surface area contributed by atoms with Crippen molar-refractivity contribution in [1.29, 1.82) is 0 Å². The first-order chi connectivity index (χ1) is 10.8. The van der Waals surface area contributed by atoms with Crippen LogP contribution in [-0.2, 0) is 17.1 Å². The molecule has 8 nitrogen and oxygen atoms in total. The molecule has 2 heterocycles. The smallest absolute Gasteiger partial charge is 0.241 e. The fourth-order valence-corrected chi connectivity index (χ4v) is 2.85. The van der Waals surface area contributed by atoms with Crippen LogP contribution in [0.1, 0.15) is 11.6 Å². The van der Waals surface area contributed by atoms with Crippen LogP contribution in [0.5, 0.6) is 0 Å². The highest BCUT2D eigenvalue weighted by molar-refractivity contribution is 7.89. The predicted octanol–water partition coefficient (Wildman–Crippen LogP) is 0.438. The summed E-state index contributed by atoms with van der Waals surface area (Å²) in [5, 5.41) is 7.42. The highest BCUT2D eigenvalue weighted by Gasteiger charge is 2.16. The van der Waals surface area contributed by atoms with Crippen molar-refractivity contribution in [2.45, 2.75) is 10.9 Å².